The van der Waals surface area contributed by atoms with E-state index in [1.807, 2.05) is 48.5 Å². The van der Waals surface area contributed by atoms with Gasteiger partial charge < -0.3 is 5.32 Å². The second kappa shape index (κ2) is 8.99. The fourth-order valence-electron chi connectivity index (χ4n) is 3.20. The van der Waals surface area contributed by atoms with Crippen LogP contribution in [-0.4, -0.2) is 24.8 Å². The molecule has 3 aromatic rings. The smallest absolute Gasteiger partial charge is 0.252 e. The lowest BCUT2D eigenvalue weighted by Gasteiger charge is -2.22. The maximum atomic E-state index is 13.2. The molecule has 1 unspecified atom stereocenters. The van der Waals surface area contributed by atoms with Gasteiger partial charge in [0.15, 0.2) is 0 Å². The number of carbonyl (C=O) groups excluding carboxylic acids is 1. The normalized spacial score (nSPS) is 12.9. The molecule has 1 amide bonds. The van der Waals surface area contributed by atoms with Crippen LogP contribution in [0.2, 0.25) is 0 Å². The van der Waals surface area contributed by atoms with E-state index in [2.05, 4.69) is 15.0 Å². The molecule has 31 heavy (non-hydrogen) atoms. The van der Waals surface area contributed by atoms with Crippen LogP contribution in [0, 0.1) is 6.92 Å². The van der Waals surface area contributed by atoms with Crippen LogP contribution in [0.1, 0.15) is 54.0 Å². The minimum Gasteiger partial charge on any atom is -0.340 e. The summed E-state index contributed by atoms with van der Waals surface area (Å²) in [5.41, 5.74) is 1.92. The molecule has 6 nitrogen and oxygen atoms in total. The van der Waals surface area contributed by atoms with E-state index in [0.717, 1.165) is 5.56 Å². The minimum absolute atomic E-state index is 0.0484. The first-order valence-corrected chi connectivity index (χ1v) is 11.5. The van der Waals surface area contributed by atoms with E-state index in [1.54, 1.807) is 40.0 Å². The molecule has 0 radical (unpaired) electrons. The topological polar surface area (TPSA) is 88.2 Å². The van der Waals surface area contributed by atoms with Gasteiger partial charge in [-0.05, 0) is 63.1 Å². The van der Waals surface area contributed by atoms with Crippen LogP contribution < -0.4 is 10.0 Å². The van der Waals surface area contributed by atoms with E-state index >= 15 is 0 Å². The standard InChI is InChI=1S/C24H27N3O3S/c1-17-13-14-19(31(29,30)27-24(2,3)4)16-20(17)23(28)26-22(18-10-6-5-7-11-18)21-12-8-9-15-25-21/h5-16,22,27H,1-4H3,(H,26,28). The van der Waals surface area contributed by atoms with Crippen LogP contribution in [0.25, 0.3) is 0 Å². The van der Waals surface area contributed by atoms with Crippen LogP contribution in [-0.2, 0) is 10.0 Å². The molecule has 0 fully saturated rings. The lowest BCUT2D eigenvalue weighted by Crippen LogP contribution is -2.40. The summed E-state index contributed by atoms with van der Waals surface area (Å²) in [6.45, 7) is 7.08. The quantitative estimate of drug-likeness (QED) is 0.610. The van der Waals surface area contributed by atoms with Gasteiger partial charge in [0.2, 0.25) is 10.0 Å². The fourth-order valence-corrected chi connectivity index (χ4v) is 4.65. The van der Waals surface area contributed by atoms with Crippen LogP contribution in [0.5, 0.6) is 0 Å². The van der Waals surface area contributed by atoms with Gasteiger partial charge >= 0.3 is 0 Å². The number of pyridine rings is 1. The van der Waals surface area contributed by atoms with Gasteiger partial charge in [-0.2, -0.15) is 0 Å². The summed E-state index contributed by atoms with van der Waals surface area (Å²) in [4.78, 5) is 17.7. The summed E-state index contributed by atoms with van der Waals surface area (Å²) < 4.78 is 28.1. The third kappa shape index (κ3) is 5.77. The number of hydrogen-bond donors (Lipinski definition) is 2. The van der Waals surface area contributed by atoms with Crippen molar-refractivity contribution in [1.82, 2.24) is 15.0 Å². The lowest BCUT2D eigenvalue weighted by atomic mass is 10.0. The first-order valence-electron chi connectivity index (χ1n) is 9.98. The highest BCUT2D eigenvalue weighted by atomic mass is 32.2. The molecule has 0 spiro atoms. The van der Waals surface area contributed by atoms with Crippen LogP contribution in [0.4, 0.5) is 0 Å². The molecule has 0 aliphatic heterocycles. The summed E-state index contributed by atoms with van der Waals surface area (Å²) in [5, 5.41) is 3.02. The maximum Gasteiger partial charge on any atom is 0.252 e. The molecule has 7 heteroatoms. The first kappa shape index (κ1) is 22.7. The number of benzene rings is 2. The molecular formula is C24H27N3O3S. The zero-order chi connectivity index (χ0) is 22.6. The number of aromatic nitrogens is 1. The fraction of sp³-hybridized carbons (Fsp3) is 0.250. The highest BCUT2D eigenvalue weighted by molar-refractivity contribution is 7.89. The largest absolute Gasteiger partial charge is 0.340 e. The lowest BCUT2D eigenvalue weighted by molar-refractivity contribution is 0.0941. The zero-order valence-corrected chi connectivity index (χ0v) is 18.9. The van der Waals surface area contributed by atoms with E-state index in [-0.39, 0.29) is 10.8 Å². The van der Waals surface area contributed by atoms with Crippen LogP contribution >= 0.6 is 0 Å². The Labute approximate surface area is 183 Å². The van der Waals surface area contributed by atoms with Crippen molar-refractivity contribution in [3.63, 3.8) is 0 Å². The predicted octanol–water partition coefficient (Wildman–Crippen LogP) is 3.99. The Morgan fingerprint density at radius 1 is 0.968 bits per heavy atom. The van der Waals surface area contributed by atoms with Gasteiger partial charge in [-0.15, -0.1) is 0 Å². The number of nitrogens with one attached hydrogen (secondary N) is 2. The molecule has 0 saturated heterocycles. The summed E-state index contributed by atoms with van der Waals surface area (Å²) in [7, 11) is -3.77. The molecule has 0 aliphatic rings. The molecule has 3 rings (SSSR count). The van der Waals surface area contributed by atoms with Crippen molar-refractivity contribution in [1.29, 1.82) is 0 Å². The van der Waals surface area contributed by atoms with E-state index < -0.39 is 21.6 Å². The van der Waals surface area contributed by atoms with Gasteiger partial charge in [-0.3, -0.25) is 9.78 Å². The average Bonchev–Trinajstić information content (AvgIpc) is 2.71. The Balaban J connectivity index is 1.96. The number of aryl methyl sites for hydroxylation is 1. The van der Waals surface area contributed by atoms with Crippen LogP contribution in [0.15, 0.2) is 77.8 Å². The number of hydrogen-bond acceptors (Lipinski definition) is 4. The van der Waals surface area contributed by atoms with Crippen molar-refractivity contribution in [3.05, 3.63) is 95.3 Å². The summed E-state index contributed by atoms with van der Waals surface area (Å²) in [6.07, 6.45) is 1.67. The van der Waals surface area contributed by atoms with E-state index in [4.69, 9.17) is 0 Å². The van der Waals surface area contributed by atoms with Crippen molar-refractivity contribution < 1.29 is 13.2 Å². The Morgan fingerprint density at radius 3 is 2.26 bits per heavy atom. The molecule has 0 aliphatic carbocycles. The molecule has 2 aromatic carbocycles. The highest BCUT2D eigenvalue weighted by Gasteiger charge is 2.25. The third-order valence-corrected chi connectivity index (χ3v) is 6.35. The van der Waals surface area contributed by atoms with Crippen molar-refractivity contribution in [2.75, 3.05) is 0 Å². The Bertz CT molecular complexity index is 1120. The summed E-state index contributed by atoms with van der Waals surface area (Å²) >= 11 is 0. The summed E-state index contributed by atoms with van der Waals surface area (Å²) in [5.74, 6) is -0.371. The van der Waals surface area contributed by atoms with Crippen molar-refractivity contribution in [2.45, 2.75) is 44.2 Å². The molecule has 1 aromatic heterocycles. The van der Waals surface area contributed by atoms with Gasteiger partial charge in [-0.25, -0.2) is 13.1 Å². The van der Waals surface area contributed by atoms with Crippen molar-refractivity contribution >= 4 is 15.9 Å². The highest BCUT2D eigenvalue weighted by Crippen LogP contribution is 2.23. The second-order valence-corrected chi connectivity index (χ2v) is 10.1. The van der Waals surface area contributed by atoms with E-state index in [0.29, 0.717) is 16.8 Å². The van der Waals surface area contributed by atoms with Crippen molar-refractivity contribution in [2.24, 2.45) is 0 Å². The number of rotatable bonds is 6. The number of carbonyl (C=O) groups is 1. The number of amides is 1. The Morgan fingerprint density at radius 2 is 1.65 bits per heavy atom. The number of nitrogens with zero attached hydrogens (tertiary/aromatic N) is 1. The third-order valence-electron chi connectivity index (χ3n) is 4.60. The summed E-state index contributed by atoms with van der Waals surface area (Å²) in [6, 6.07) is 19.2. The minimum atomic E-state index is -3.77. The van der Waals surface area contributed by atoms with Gasteiger partial charge in [-0.1, -0.05) is 42.5 Å². The monoisotopic (exact) mass is 437 g/mol. The zero-order valence-electron chi connectivity index (χ0n) is 18.1. The van der Waals surface area contributed by atoms with Crippen molar-refractivity contribution in [3.8, 4) is 0 Å². The molecule has 2 N–H and O–H groups in total. The maximum absolute atomic E-state index is 13.2. The molecule has 0 bridgehead atoms. The Hall–Kier alpha value is -3.03. The molecule has 162 valence electrons. The molecular weight excluding hydrogens is 410 g/mol. The van der Waals surface area contributed by atoms with Gasteiger partial charge in [0.05, 0.1) is 16.6 Å². The van der Waals surface area contributed by atoms with Gasteiger partial charge in [0, 0.05) is 17.3 Å². The second-order valence-electron chi connectivity index (χ2n) is 8.40. The number of sulfonamides is 1. The van der Waals surface area contributed by atoms with Gasteiger partial charge in [0.25, 0.3) is 5.91 Å². The average molecular weight is 438 g/mol. The van der Waals surface area contributed by atoms with E-state index in [9.17, 15) is 13.2 Å². The van der Waals surface area contributed by atoms with E-state index in [1.165, 1.54) is 12.1 Å². The SMILES string of the molecule is Cc1ccc(S(=O)(=O)NC(C)(C)C)cc1C(=O)NC(c1ccccc1)c1ccccn1. The van der Waals surface area contributed by atoms with Crippen LogP contribution in [0.3, 0.4) is 0 Å². The molecule has 0 saturated carbocycles. The molecule has 1 atom stereocenters. The predicted molar refractivity (Wildman–Crippen MR) is 121 cm³/mol. The Kier molecular flexibility index (Phi) is 6.57. The first-order chi connectivity index (χ1) is 14.6. The van der Waals surface area contributed by atoms with Gasteiger partial charge in [0.1, 0.15) is 0 Å². The molecule has 1 heterocycles.